The molecule has 0 aromatic heterocycles. The highest BCUT2D eigenvalue weighted by atomic mass is 35.5. The van der Waals surface area contributed by atoms with E-state index in [1.807, 2.05) is 0 Å². The van der Waals surface area contributed by atoms with Crippen molar-refractivity contribution in [2.75, 3.05) is 23.9 Å². The highest BCUT2D eigenvalue weighted by Crippen LogP contribution is 2.33. The maximum Gasteiger partial charge on any atom is 0.265 e. The van der Waals surface area contributed by atoms with Gasteiger partial charge in [0.15, 0.2) is 12.4 Å². The summed E-state index contributed by atoms with van der Waals surface area (Å²) in [4.78, 5) is 25.4. The molecule has 5 heteroatoms. The smallest absolute Gasteiger partial charge is 0.265 e. The molecule has 2 rings (SSSR count). The summed E-state index contributed by atoms with van der Waals surface area (Å²) in [5.74, 6) is 0.362. The van der Waals surface area contributed by atoms with E-state index in [4.69, 9.17) is 16.3 Å². The van der Waals surface area contributed by atoms with Crippen LogP contribution in [-0.2, 0) is 4.79 Å². The maximum absolute atomic E-state index is 12.0. The van der Waals surface area contributed by atoms with Crippen LogP contribution in [0.3, 0.4) is 0 Å². The Balaban J connectivity index is 2.27. The number of Topliss-reactive ketones (excluding diaryl/α,β-unsaturated/α-hetero) is 1. The molecule has 0 spiro atoms. The Morgan fingerprint density at radius 3 is 2.90 bits per heavy atom. The van der Waals surface area contributed by atoms with Gasteiger partial charge in [-0.2, -0.15) is 0 Å². The van der Waals surface area contributed by atoms with Gasteiger partial charge in [0.25, 0.3) is 5.91 Å². The van der Waals surface area contributed by atoms with Crippen LogP contribution >= 0.6 is 11.6 Å². The summed E-state index contributed by atoms with van der Waals surface area (Å²) in [5, 5.41) is 0. The Labute approximate surface area is 123 Å². The van der Waals surface area contributed by atoms with E-state index in [-0.39, 0.29) is 24.2 Å². The minimum Gasteiger partial charge on any atom is -0.482 e. The molecule has 1 aliphatic heterocycles. The number of anilines is 1. The van der Waals surface area contributed by atoms with E-state index in [0.29, 0.717) is 23.5 Å². The van der Waals surface area contributed by atoms with Crippen LogP contribution in [0.15, 0.2) is 18.2 Å². The van der Waals surface area contributed by atoms with Crippen LogP contribution in [0.2, 0.25) is 0 Å². The van der Waals surface area contributed by atoms with Gasteiger partial charge in [0, 0.05) is 12.1 Å². The van der Waals surface area contributed by atoms with Crippen molar-refractivity contribution in [3.05, 3.63) is 23.8 Å². The van der Waals surface area contributed by atoms with Gasteiger partial charge in [-0.3, -0.25) is 9.59 Å². The van der Waals surface area contributed by atoms with Crippen LogP contribution in [0.4, 0.5) is 5.69 Å². The van der Waals surface area contributed by atoms with Gasteiger partial charge in [0.1, 0.15) is 5.75 Å². The minimum absolute atomic E-state index is 0.0575. The highest BCUT2D eigenvalue weighted by molar-refractivity contribution is 6.30. The third kappa shape index (κ3) is 3.12. The number of ketones is 1. The summed E-state index contributed by atoms with van der Waals surface area (Å²) in [6.07, 6.45) is 3.10. The fraction of sp³-hybridized carbons (Fsp3) is 0.467. The first-order valence-corrected chi connectivity index (χ1v) is 7.37. The summed E-state index contributed by atoms with van der Waals surface area (Å²) < 4.78 is 5.41. The molecule has 0 unspecified atom stereocenters. The Bertz CT molecular complexity index is 516. The highest BCUT2D eigenvalue weighted by Gasteiger charge is 2.25. The first-order valence-electron chi connectivity index (χ1n) is 6.83. The fourth-order valence-electron chi connectivity index (χ4n) is 2.22. The van der Waals surface area contributed by atoms with E-state index < -0.39 is 0 Å². The van der Waals surface area contributed by atoms with Gasteiger partial charge in [-0.15, -0.1) is 11.6 Å². The number of alkyl halides is 1. The number of carbonyl (C=O) groups excluding carboxylic acids is 2. The molecule has 0 N–H and O–H groups in total. The van der Waals surface area contributed by atoms with Crippen molar-refractivity contribution in [2.24, 2.45) is 0 Å². The molecule has 0 saturated heterocycles. The van der Waals surface area contributed by atoms with Gasteiger partial charge in [-0.25, -0.2) is 0 Å². The summed E-state index contributed by atoms with van der Waals surface area (Å²) in [7, 11) is 0. The predicted octanol–water partition coefficient (Wildman–Crippen LogP) is 3.02. The molecule has 1 heterocycles. The third-order valence-electron chi connectivity index (χ3n) is 3.33. The monoisotopic (exact) mass is 295 g/mol. The summed E-state index contributed by atoms with van der Waals surface area (Å²) in [5.41, 5.74) is 1.19. The molecule has 0 radical (unpaired) electrons. The maximum atomic E-state index is 12.0. The number of amides is 1. The van der Waals surface area contributed by atoms with Gasteiger partial charge in [-0.1, -0.05) is 19.8 Å². The second kappa shape index (κ2) is 6.75. The summed E-state index contributed by atoms with van der Waals surface area (Å²) in [6.45, 7) is 2.83. The van der Waals surface area contributed by atoms with Gasteiger partial charge < -0.3 is 9.64 Å². The molecule has 1 aliphatic rings. The second-order valence-electron chi connectivity index (χ2n) is 4.78. The number of benzene rings is 1. The van der Waals surface area contributed by atoms with Gasteiger partial charge >= 0.3 is 0 Å². The number of halogens is 1. The lowest BCUT2D eigenvalue weighted by atomic mass is 10.1. The lowest BCUT2D eigenvalue weighted by molar-refractivity contribution is -0.121. The molecule has 0 atom stereocenters. The largest absolute Gasteiger partial charge is 0.482 e. The van der Waals surface area contributed by atoms with Gasteiger partial charge in [0.05, 0.1) is 11.6 Å². The molecule has 4 nitrogen and oxygen atoms in total. The van der Waals surface area contributed by atoms with Gasteiger partial charge in [0.2, 0.25) is 0 Å². The van der Waals surface area contributed by atoms with Crippen LogP contribution < -0.4 is 9.64 Å². The van der Waals surface area contributed by atoms with E-state index in [1.54, 1.807) is 23.1 Å². The molecule has 0 bridgehead atoms. The number of nitrogens with zero attached hydrogens (tertiary/aromatic N) is 1. The van der Waals surface area contributed by atoms with Crippen molar-refractivity contribution >= 4 is 29.0 Å². The Morgan fingerprint density at radius 1 is 1.40 bits per heavy atom. The average Bonchev–Trinajstić information content (AvgIpc) is 2.48. The number of ether oxygens (including phenoxy) is 1. The molecule has 0 aliphatic carbocycles. The SMILES string of the molecule is CCCCCN1C(=O)COc2ccc(C(=O)CCl)cc21. The van der Waals surface area contributed by atoms with Crippen LogP contribution in [-0.4, -0.2) is 30.7 Å². The van der Waals surface area contributed by atoms with E-state index in [2.05, 4.69) is 6.92 Å². The van der Waals surface area contributed by atoms with Crippen LogP contribution in [0.1, 0.15) is 36.5 Å². The predicted molar refractivity (Wildman–Crippen MR) is 78.9 cm³/mol. The Morgan fingerprint density at radius 2 is 2.20 bits per heavy atom. The number of fused-ring (bicyclic) bond motifs is 1. The molecule has 1 amide bonds. The van der Waals surface area contributed by atoms with Crippen molar-refractivity contribution in [2.45, 2.75) is 26.2 Å². The van der Waals surface area contributed by atoms with Crippen LogP contribution in [0.5, 0.6) is 5.75 Å². The molecule has 20 heavy (non-hydrogen) atoms. The van der Waals surface area contributed by atoms with E-state index >= 15 is 0 Å². The number of rotatable bonds is 6. The summed E-state index contributed by atoms with van der Waals surface area (Å²) >= 11 is 5.58. The van der Waals surface area contributed by atoms with Gasteiger partial charge in [-0.05, 0) is 24.6 Å². The molecule has 1 aromatic rings. The Kier molecular flexibility index (Phi) is 5.01. The van der Waals surface area contributed by atoms with Crippen molar-refractivity contribution in [3.63, 3.8) is 0 Å². The lowest BCUT2D eigenvalue weighted by Crippen LogP contribution is -2.39. The van der Waals surface area contributed by atoms with Crippen molar-refractivity contribution in [1.29, 1.82) is 0 Å². The zero-order valence-electron chi connectivity index (χ0n) is 11.5. The van der Waals surface area contributed by atoms with E-state index in [1.165, 1.54) is 0 Å². The van der Waals surface area contributed by atoms with Crippen molar-refractivity contribution in [1.82, 2.24) is 0 Å². The number of carbonyl (C=O) groups is 2. The first kappa shape index (κ1) is 14.9. The Hall–Kier alpha value is -1.55. The molecular weight excluding hydrogens is 278 g/mol. The molecule has 1 aromatic carbocycles. The molecule has 0 fully saturated rings. The van der Waals surface area contributed by atoms with Crippen molar-refractivity contribution < 1.29 is 14.3 Å². The number of hydrogen-bond donors (Lipinski definition) is 0. The van der Waals surface area contributed by atoms with E-state index in [0.717, 1.165) is 19.3 Å². The third-order valence-corrected chi connectivity index (χ3v) is 3.57. The zero-order valence-corrected chi connectivity index (χ0v) is 12.3. The standard InChI is InChI=1S/C15H18ClNO3/c1-2-3-4-7-17-12-8-11(13(18)9-16)5-6-14(12)20-10-15(17)19/h5-6,8H,2-4,7,9-10H2,1H3. The van der Waals surface area contributed by atoms with Crippen molar-refractivity contribution in [3.8, 4) is 5.75 Å². The molecule has 108 valence electrons. The second-order valence-corrected chi connectivity index (χ2v) is 5.05. The lowest BCUT2D eigenvalue weighted by Gasteiger charge is -2.29. The average molecular weight is 296 g/mol. The van der Waals surface area contributed by atoms with Crippen LogP contribution in [0.25, 0.3) is 0 Å². The fourth-order valence-corrected chi connectivity index (χ4v) is 2.37. The molecule has 0 saturated carbocycles. The number of hydrogen-bond acceptors (Lipinski definition) is 3. The molecular formula is C15H18ClNO3. The first-order chi connectivity index (χ1) is 9.67. The minimum atomic E-state index is -0.152. The zero-order chi connectivity index (χ0) is 14.5. The summed E-state index contributed by atoms with van der Waals surface area (Å²) in [6, 6.07) is 5.11. The number of unbranched alkanes of at least 4 members (excludes halogenated alkanes) is 2. The quantitative estimate of drug-likeness (QED) is 0.460. The van der Waals surface area contributed by atoms with Crippen LogP contribution in [0, 0.1) is 0 Å². The normalized spacial score (nSPS) is 13.9. The van der Waals surface area contributed by atoms with E-state index in [9.17, 15) is 9.59 Å². The topological polar surface area (TPSA) is 46.6 Å².